The van der Waals surface area contributed by atoms with Crippen molar-refractivity contribution >= 4 is 53.5 Å². The molecule has 0 saturated heterocycles. The minimum atomic E-state index is -4.31. The number of sulfonamides is 2. The lowest BCUT2D eigenvalue weighted by atomic mass is 9.87. The van der Waals surface area contributed by atoms with Crippen molar-refractivity contribution in [3.8, 4) is 11.4 Å². The highest BCUT2D eigenvalue weighted by Gasteiger charge is 2.27. The summed E-state index contributed by atoms with van der Waals surface area (Å²) >= 11 is 0. The predicted octanol–water partition coefficient (Wildman–Crippen LogP) is 10.9. The Hall–Kier alpha value is -6.66. The third kappa shape index (κ3) is 9.88. The van der Waals surface area contributed by atoms with Crippen molar-refractivity contribution < 1.29 is 34.4 Å². The van der Waals surface area contributed by atoms with Gasteiger partial charge in [0.25, 0.3) is 26.5 Å². The van der Waals surface area contributed by atoms with Crippen molar-refractivity contribution in [2.24, 2.45) is 0 Å². The van der Waals surface area contributed by atoms with Crippen LogP contribution in [-0.2, 0) is 30.9 Å². The Morgan fingerprint density at radius 3 is 1.60 bits per heavy atom. The van der Waals surface area contributed by atoms with Crippen molar-refractivity contribution in [3.63, 3.8) is 0 Å². The highest BCUT2D eigenvalue weighted by atomic mass is 32.2. The molecule has 0 amide bonds. The van der Waals surface area contributed by atoms with Crippen LogP contribution < -0.4 is 9.44 Å². The van der Waals surface area contributed by atoms with Crippen molar-refractivity contribution in [1.82, 2.24) is 29.5 Å². The monoisotopic (exact) mass is 926 g/mol. The molecule has 4 aromatic heterocycles. The van der Waals surface area contributed by atoms with Gasteiger partial charge in [0.2, 0.25) is 0 Å². The first-order valence-corrected chi connectivity index (χ1v) is 23.2. The molecule has 18 heteroatoms. The number of pyridine rings is 2. The molecule has 0 radical (unpaired) electrons. The van der Waals surface area contributed by atoms with E-state index in [2.05, 4.69) is 29.6 Å². The SMILES string of the molecule is CC(C)(C)c1ccc(S(=O)(=O)Nc2cc(C(F)F)nn2-c2cccc3ncccc23)cc1F.Cc1ccc2c(-n3nc(C)cc3NS(=O)(=O)c3ccc(C(C)(C)C)c(F)c3)cccc2n1. The molecule has 4 heterocycles. The topological polar surface area (TPSA) is 154 Å². The van der Waals surface area contributed by atoms with E-state index < -0.39 is 54.6 Å². The summed E-state index contributed by atoms with van der Waals surface area (Å²) in [6.07, 6.45) is -1.34. The minimum Gasteiger partial charge on any atom is -0.263 e. The van der Waals surface area contributed by atoms with Crippen molar-refractivity contribution in [3.05, 3.63) is 155 Å². The molecule has 0 aliphatic rings. The smallest absolute Gasteiger partial charge is 0.263 e. The van der Waals surface area contributed by atoms with Gasteiger partial charge in [-0.3, -0.25) is 19.4 Å². The van der Waals surface area contributed by atoms with E-state index in [-0.39, 0.29) is 21.4 Å². The van der Waals surface area contributed by atoms with Gasteiger partial charge in [-0.25, -0.2) is 43.8 Å². The largest absolute Gasteiger partial charge is 0.282 e. The van der Waals surface area contributed by atoms with E-state index in [1.807, 2.05) is 58.0 Å². The lowest BCUT2D eigenvalue weighted by molar-refractivity contribution is 0.145. The highest BCUT2D eigenvalue weighted by Crippen LogP contribution is 2.33. The number of fused-ring (bicyclic) bond motifs is 2. The summed E-state index contributed by atoms with van der Waals surface area (Å²) in [5.41, 5.74) is 3.18. The fourth-order valence-electron chi connectivity index (χ4n) is 7.15. The van der Waals surface area contributed by atoms with Crippen LogP contribution in [0.15, 0.2) is 125 Å². The van der Waals surface area contributed by atoms with E-state index in [0.29, 0.717) is 39.1 Å². The number of alkyl halides is 2. The first-order valence-electron chi connectivity index (χ1n) is 20.2. The maximum absolute atomic E-state index is 14.7. The van der Waals surface area contributed by atoms with Crippen LogP contribution in [0.5, 0.6) is 0 Å². The molecular weight excluding hydrogens is 881 g/mol. The third-order valence-corrected chi connectivity index (χ3v) is 13.0. The van der Waals surface area contributed by atoms with Gasteiger partial charge in [-0.2, -0.15) is 10.2 Å². The van der Waals surface area contributed by atoms with Crippen molar-refractivity contribution in [2.45, 2.75) is 82.4 Å². The molecule has 4 aromatic carbocycles. The number of anilines is 2. The zero-order valence-electron chi connectivity index (χ0n) is 36.7. The van der Waals surface area contributed by atoms with Crippen molar-refractivity contribution in [2.75, 3.05) is 9.44 Å². The van der Waals surface area contributed by atoms with Gasteiger partial charge in [0.15, 0.2) is 0 Å². The average Bonchev–Trinajstić information content (AvgIpc) is 3.81. The molecular formula is C47H46F4N8O4S2. The zero-order valence-corrected chi connectivity index (χ0v) is 38.3. The van der Waals surface area contributed by atoms with E-state index in [1.165, 1.54) is 28.9 Å². The first-order chi connectivity index (χ1) is 30.4. The Bertz CT molecular complexity index is 3320. The Kier molecular flexibility index (Phi) is 12.4. The Labute approximate surface area is 374 Å². The first kappa shape index (κ1) is 46.3. The molecule has 65 heavy (non-hydrogen) atoms. The predicted molar refractivity (Wildman–Crippen MR) is 244 cm³/mol. The second kappa shape index (κ2) is 17.4. The van der Waals surface area contributed by atoms with E-state index in [4.69, 9.17) is 0 Å². The molecule has 0 atom stereocenters. The second-order valence-electron chi connectivity index (χ2n) is 17.4. The lowest BCUT2D eigenvalue weighted by Gasteiger charge is -2.20. The van der Waals surface area contributed by atoms with Gasteiger partial charge >= 0.3 is 0 Å². The highest BCUT2D eigenvalue weighted by molar-refractivity contribution is 7.93. The summed E-state index contributed by atoms with van der Waals surface area (Å²) < 4.78 is 116. The van der Waals surface area contributed by atoms with Gasteiger partial charge in [0, 0.05) is 34.8 Å². The fraction of sp³-hybridized carbons (Fsp3) is 0.234. The fourth-order valence-corrected chi connectivity index (χ4v) is 9.24. The van der Waals surface area contributed by atoms with Gasteiger partial charge in [-0.05, 0) is 109 Å². The molecule has 8 rings (SSSR count). The number of nitrogens with zero attached hydrogens (tertiary/aromatic N) is 6. The number of aromatic nitrogens is 6. The molecule has 0 unspecified atom stereocenters. The van der Waals surface area contributed by atoms with Crippen LogP contribution in [0.4, 0.5) is 29.2 Å². The van der Waals surface area contributed by atoms with Crippen molar-refractivity contribution in [1.29, 1.82) is 0 Å². The summed E-state index contributed by atoms with van der Waals surface area (Å²) in [6.45, 7) is 14.7. The number of halogens is 4. The average molecular weight is 927 g/mol. The summed E-state index contributed by atoms with van der Waals surface area (Å²) in [5.74, 6) is -1.18. The lowest BCUT2D eigenvalue weighted by Crippen LogP contribution is -2.18. The van der Waals surface area contributed by atoms with Crippen LogP contribution in [0.1, 0.15) is 76.2 Å². The number of benzene rings is 4. The summed E-state index contributed by atoms with van der Waals surface area (Å²) in [5, 5.41) is 9.82. The Balaban J connectivity index is 0.000000194. The Morgan fingerprint density at radius 2 is 1.08 bits per heavy atom. The normalized spacial score (nSPS) is 12.4. The third-order valence-electron chi connectivity index (χ3n) is 10.3. The van der Waals surface area contributed by atoms with E-state index in [1.54, 1.807) is 70.3 Å². The Morgan fingerprint density at radius 1 is 0.569 bits per heavy atom. The van der Waals surface area contributed by atoms with Gasteiger partial charge in [-0.1, -0.05) is 65.8 Å². The van der Waals surface area contributed by atoms with Crippen LogP contribution in [0, 0.1) is 25.5 Å². The van der Waals surface area contributed by atoms with Gasteiger partial charge in [0.1, 0.15) is 29.0 Å². The minimum absolute atomic E-state index is 0.149. The summed E-state index contributed by atoms with van der Waals surface area (Å²) in [6, 6.07) is 28.0. The van der Waals surface area contributed by atoms with Crippen LogP contribution in [0.25, 0.3) is 33.2 Å². The van der Waals surface area contributed by atoms with E-state index >= 15 is 0 Å². The number of hydrogen-bond acceptors (Lipinski definition) is 8. The second-order valence-corrected chi connectivity index (χ2v) is 20.8. The molecule has 0 fully saturated rings. The summed E-state index contributed by atoms with van der Waals surface area (Å²) in [4.78, 5) is 8.28. The maximum Gasteiger partial charge on any atom is 0.282 e. The molecule has 0 saturated carbocycles. The number of aryl methyl sites for hydroxylation is 2. The van der Waals surface area contributed by atoms with Crippen LogP contribution in [-0.4, -0.2) is 46.4 Å². The standard InChI is InChI=1S/C24H25FN4O2S.C23H21F3N4O2S/c1-15-9-11-18-21(26-15)7-6-8-22(18)29-23(13-16(2)27-29)28-32(30,31)17-10-12-19(20(25)14-17)24(3,4)5;1-23(2,3)16-10-9-14(12-17(16)24)33(31,32)29-21-13-19(22(25)26)28-30(21)20-8-4-7-18-15(20)6-5-11-27-18/h6-14,28H,1-5H3;4-13,22,29H,1-3H3. The molecule has 338 valence electrons. The molecule has 8 aromatic rings. The van der Waals surface area contributed by atoms with Gasteiger partial charge < -0.3 is 0 Å². The zero-order chi connectivity index (χ0) is 47.2. The van der Waals surface area contributed by atoms with Crippen LogP contribution >= 0.6 is 0 Å². The van der Waals surface area contributed by atoms with Gasteiger partial charge in [-0.15, -0.1) is 0 Å². The maximum atomic E-state index is 14.7. The van der Waals surface area contributed by atoms with Crippen LogP contribution in [0.3, 0.4) is 0 Å². The number of nitrogens with one attached hydrogen (secondary N) is 2. The quantitative estimate of drug-likeness (QED) is 0.136. The molecule has 12 nitrogen and oxygen atoms in total. The molecule has 0 spiro atoms. The molecule has 0 bridgehead atoms. The van der Waals surface area contributed by atoms with E-state index in [9.17, 15) is 34.4 Å². The van der Waals surface area contributed by atoms with E-state index in [0.717, 1.165) is 39.5 Å². The summed E-state index contributed by atoms with van der Waals surface area (Å²) in [7, 11) is -8.35. The molecule has 0 aliphatic heterocycles. The van der Waals surface area contributed by atoms with Crippen LogP contribution in [0.2, 0.25) is 0 Å². The molecule has 2 N–H and O–H groups in total. The number of hydrogen-bond donors (Lipinski definition) is 2. The van der Waals surface area contributed by atoms with Gasteiger partial charge in [0.05, 0.1) is 37.9 Å². The molecule has 0 aliphatic carbocycles. The number of rotatable bonds is 9.